The summed E-state index contributed by atoms with van der Waals surface area (Å²) in [4.78, 5) is 10.8. The van der Waals surface area contributed by atoms with Gasteiger partial charge in [-0.2, -0.15) is 0 Å². The second kappa shape index (κ2) is 6.42. The molecule has 0 aromatic heterocycles. The Bertz CT molecular complexity index is 233. The van der Waals surface area contributed by atoms with Crippen molar-refractivity contribution in [1.29, 1.82) is 0 Å². The lowest BCUT2D eigenvalue weighted by Gasteiger charge is -2.42. The van der Waals surface area contributed by atoms with E-state index in [0.717, 1.165) is 6.42 Å². The third-order valence-electron chi connectivity index (χ3n) is 4.71. The summed E-state index contributed by atoms with van der Waals surface area (Å²) in [7, 11) is 0. The van der Waals surface area contributed by atoms with Crippen LogP contribution in [0.4, 0.5) is 0 Å². The van der Waals surface area contributed by atoms with Gasteiger partial charge in [-0.25, -0.2) is 0 Å². The van der Waals surface area contributed by atoms with E-state index in [1.807, 2.05) is 0 Å². The fraction of sp³-hybridized carbons (Fsp3) is 0.933. The SMILES string of the molecule is CC(C)C(CC(=O)[O-])CC(C)(C(C)C)C(C)C. The van der Waals surface area contributed by atoms with Crippen molar-refractivity contribution in [3.05, 3.63) is 0 Å². The summed E-state index contributed by atoms with van der Waals surface area (Å²) in [5.74, 6) is 0.814. The first-order valence-corrected chi connectivity index (χ1v) is 6.81. The summed E-state index contributed by atoms with van der Waals surface area (Å²) in [5.41, 5.74) is 0.199. The number of carbonyl (C=O) groups excluding carboxylic acids is 1. The molecule has 102 valence electrons. The number of rotatable bonds is 7. The van der Waals surface area contributed by atoms with Crippen LogP contribution in [0, 0.1) is 29.1 Å². The number of hydrogen-bond acceptors (Lipinski definition) is 2. The molecule has 0 spiro atoms. The molecule has 0 fully saturated rings. The van der Waals surface area contributed by atoms with Gasteiger partial charge in [0.1, 0.15) is 0 Å². The highest BCUT2D eigenvalue weighted by Gasteiger charge is 2.35. The van der Waals surface area contributed by atoms with Crippen molar-refractivity contribution < 1.29 is 9.90 Å². The fourth-order valence-electron chi connectivity index (χ4n) is 2.46. The summed E-state index contributed by atoms with van der Waals surface area (Å²) in [5, 5.41) is 10.8. The topological polar surface area (TPSA) is 40.1 Å². The first kappa shape index (κ1) is 16.5. The molecule has 0 aliphatic heterocycles. The van der Waals surface area contributed by atoms with E-state index < -0.39 is 5.97 Å². The first-order chi connectivity index (χ1) is 7.61. The second-order valence-electron chi connectivity index (χ2n) is 6.60. The smallest absolute Gasteiger partial charge is 0.0417 e. The lowest BCUT2D eigenvalue weighted by molar-refractivity contribution is -0.307. The van der Waals surface area contributed by atoms with Crippen LogP contribution < -0.4 is 5.11 Å². The molecule has 0 aromatic rings. The van der Waals surface area contributed by atoms with Gasteiger partial charge >= 0.3 is 0 Å². The number of aliphatic carboxylic acids is 1. The molecule has 1 atom stereocenters. The molecule has 0 heterocycles. The van der Waals surface area contributed by atoms with Crippen molar-refractivity contribution in [2.75, 3.05) is 0 Å². The van der Waals surface area contributed by atoms with E-state index >= 15 is 0 Å². The quantitative estimate of drug-likeness (QED) is 0.687. The molecular weight excluding hydrogens is 212 g/mol. The summed E-state index contributed by atoms with van der Waals surface area (Å²) in [6, 6.07) is 0. The van der Waals surface area contributed by atoms with Gasteiger partial charge in [0.25, 0.3) is 0 Å². The third kappa shape index (κ3) is 4.69. The number of carboxylic acids is 1. The van der Waals surface area contributed by atoms with Crippen LogP contribution in [0.1, 0.15) is 61.3 Å². The largest absolute Gasteiger partial charge is 0.550 e. The maximum atomic E-state index is 10.8. The van der Waals surface area contributed by atoms with Crippen LogP contribution in [0.5, 0.6) is 0 Å². The van der Waals surface area contributed by atoms with Gasteiger partial charge in [-0.15, -0.1) is 0 Å². The molecule has 0 aliphatic carbocycles. The lowest BCUT2D eigenvalue weighted by Crippen LogP contribution is -2.36. The number of carboxylic acid groups (broad SMARTS) is 1. The van der Waals surface area contributed by atoms with Gasteiger partial charge in [0.15, 0.2) is 0 Å². The van der Waals surface area contributed by atoms with Gasteiger partial charge in [0.2, 0.25) is 0 Å². The maximum Gasteiger partial charge on any atom is 0.0417 e. The molecule has 0 N–H and O–H groups in total. The molecule has 2 nitrogen and oxygen atoms in total. The zero-order chi connectivity index (χ0) is 13.8. The van der Waals surface area contributed by atoms with Crippen molar-refractivity contribution in [3.8, 4) is 0 Å². The average Bonchev–Trinajstić information content (AvgIpc) is 2.14. The van der Waals surface area contributed by atoms with Gasteiger partial charge in [0, 0.05) is 5.97 Å². The molecule has 0 saturated carbocycles. The first-order valence-electron chi connectivity index (χ1n) is 6.81. The van der Waals surface area contributed by atoms with E-state index in [1.54, 1.807) is 0 Å². The molecule has 0 aromatic carbocycles. The highest BCUT2D eigenvalue weighted by atomic mass is 16.4. The lowest BCUT2D eigenvalue weighted by atomic mass is 9.64. The fourth-order valence-corrected chi connectivity index (χ4v) is 2.46. The van der Waals surface area contributed by atoms with Gasteiger partial charge in [-0.3, -0.25) is 0 Å². The molecule has 0 bridgehead atoms. The Hall–Kier alpha value is -0.530. The summed E-state index contributed by atoms with van der Waals surface area (Å²) >= 11 is 0. The van der Waals surface area contributed by atoms with E-state index in [0.29, 0.717) is 17.8 Å². The molecule has 0 saturated heterocycles. The van der Waals surface area contributed by atoms with E-state index in [4.69, 9.17) is 0 Å². The summed E-state index contributed by atoms with van der Waals surface area (Å²) in [6.07, 6.45) is 1.15. The molecular formula is C15H29O2-. The minimum atomic E-state index is -0.918. The zero-order valence-corrected chi connectivity index (χ0v) is 12.5. The Labute approximate surface area is 107 Å². The van der Waals surface area contributed by atoms with Crippen LogP contribution in [-0.4, -0.2) is 5.97 Å². The molecule has 2 heteroatoms. The minimum absolute atomic E-state index is 0.187. The molecule has 17 heavy (non-hydrogen) atoms. The van der Waals surface area contributed by atoms with Gasteiger partial charge < -0.3 is 9.90 Å². The molecule has 0 radical (unpaired) electrons. The van der Waals surface area contributed by atoms with Crippen LogP contribution in [0.2, 0.25) is 0 Å². The average molecular weight is 241 g/mol. The van der Waals surface area contributed by atoms with Crippen LogP contribution >= 0.6 is 0 Å². The predicted octanol–water partition coefficient (Wildman–Crippen LogP) is 3.11. The van der Waals surface area contributed by atoms with Crippen molar-refractivity contribution in [3.63, 3.8) is 0 Å². The summed E-state index contributed by atoms with van der Waals surface area (Å²) < 4.78 is 0. The minimum Gasteiger partial charge on any atom is -0.550 e. The number of hydrogen-bond donors (Lipinski definition) is 0. The van der Waals surface area contributed by atoms with Gasteiger partial charge in [0.05, 0.1) is 0 Å². The van der Waals surface area contributed by atoms with Gasteiger partial charge in [-0.05, 0) is 41.9 Å². The van der Waals surface area contributed by atoms with Crippen LogP contribution in [0.25, 0.3) is 0 Å². The monoisotopic (exact) mass is 241 g/mol. The number of carbonyl (C=O) groups is 1. The molecule has 0 amide bonds. The molecule has 0 aliphatic rings. The van der Waals surface area contributed by atoms with E-state index in [9.17, 15) is 9.90 Å². The van der Waals surface area contributed by atoms with Gasteiger partial charge in [-0.1, -0.05) is 48.5 Å². The Balaban J connectivity index is 4.87. The predicted molar refractivity (Wildman–Crippen MR) is 70.4 cm³/mol. The standard InChI is InChI=1S/C15H30O2/c1-10(2)13(8-14(16)17)9-15(7,11(3)4)12(5)6/h10-13H,8-9H2,1-7H3,(H,16,17)/p-1. The third-order valence-corrected chi connectivity index (χ3v) is 4.71. The maximum absolute atomic E-state index is 10.8. The highest BCUT2D eigenvalue weighted by Crippen LogP contribution is 2.43. The second-order valence-corrected chi connectivity index (χ2v) is 6.60. The Morgan fingerprint density at radius 1 is 1.06 bits per heavy atom. The van der Waals surface area contributed by atoms with Crippen LogP contribution in [0.15, 0.2) is 0 Å². The van der Waals surface area contributed by atoms with E-state index in [2.05, 4.69) is 48.5 Å². The van der Waals surface area contributed by atoms with Crippen molar-refractivity contribution >= 4 is 5.97 Å². The molecule has 0 rings (SSSR count). The highest BCUT2D eigenvalue weighted by molar-refractivity contribution is 5.64. The zero-order valence-electron chi connectivity index (χ0n) is 12.5. The summed E-state index contributed by atoms with van der Waals surface area (Å²) in [6.45, 7) is 15.4. The van der Waals surface area contributed by atoms with Crippen molar-refractivity contribution in [1.82, 2.24) is 0 Å². The van der Waals surface area contributed by atoms with Crippen molar-refractivity contribution in [2.24, 2.45) is 29.1 Å². The van der Waals surface area contributed by atoms with Crippen LogP contribution in [-0.2, 0) is 4.79 Å². The molecule has 1 unspecified atom stereocenters. The normalized spacial score (nSPS) is 14.7. The van der Waals surface area contributed by atoms with Crippen LogP contribution in [0.3, 0.4) is 0 Å². The van der Waals surface area contributed by atoms with Crippen molar-refractivity contribution in [2.45, 2.75) is 61.3 Å². The Morgan fingerprint density at radius 3 is 1.71 bits per heavy atom. The Kier molecular flexibility index (Phi) is 6.22. The van der Waals surface area contributed by atoms with E-state index in [1.165, 1.54) is 0 Å². The Morgan fingerprint density at radius 2 is 1.47 bits per heavy atom. The van der Waals surface area contributed by atoms with E-state index in [-0.39, 0.29) is 17.8 Å².